The minimum Gasteiger partial charge on any atom is -0.496 e. The Morgan fingerprint density at radius 3 is 2.50 bits per heavy atom. The molecule has 0 aromatic heterocycles. The van der Waals surface area contributed by atoms with Gasteiger partial charge >= 0.3 is 5.97 Å². The predicted octanol–water partition coefficient (Wildman–Crippen LogP) is 3.13. The summed E-state index contributed by atoms with van der Waals surface area (Å²) in [6, 6.07) is 9.58. The molecular weight excluding hydrogens is 360 g/mol. The summed E-state index contributed by atoms with van der Waals surface area (Å²) in [6.45, 7) is 1.98. The Balaban J connectivity index is 1.94. The molecule has 0 unspecified atom stereocenters. The lowest BCUT2D eigenvalue weighted by atomic mass is 10.2. The zero-order valence-corrected chi connectivity index (χ0v) is 15.1. The molecule has 0 atom stereocenters. The highest BCUT2D eigenvalue weighted by atomic mass is 35.5. The molecule has 138 valence electrons. The van der Waals surface area contributed by atoms with Crippen LogP contribution in [0.1, 0.15) is 17.3 Å². The Labute approximate surface area is 156 Å². The number of carbonyl (C=O) groups is 2. The topological polar surface area (TPSA) is 99.9 Å². The highest BCUT2D eigenvalue weighted by Gasteiger charge is 2.17. The summed E-state index contributed by atoms with van der Waals surface area (Å²) in [5, 5.41) is 2.81. The summed E-state index contributed by atoms with van der Waals surface area (Å²) in [5.74, 6) is -0.318. The molecule has 0 radical (unpaired) electrons. The lowest BCUT2D eigenvalue weighted by Gasteiger charge is -2.11. The van der Waals surface area contributed by atoms with E-state index in [2.05, 4.69) is 5.32 Å². The maximum atomic E-state index is 12.2. The zero-order chi connectivity index (χ0) is 19.1. The van der Waals surface area contributed by atoms with Crippen LogP contribution in [0.25, 0.3) is 0 Å². The van der Waals surface area contributed by atoms with Crippen molar-refractivity contribution in [2.45, 2.75) is 6.92 Å². The molecule has 0 saturated heterocycles. The highest BCUT2D eigenvalue weighted by molar-refractivity contribution is 6.33. The highest BCUT2D eigenvalue weighted by Crippen LogP contribution is 2.29. The molecular formula is C18H19ClN2O5. The van der Waals surface area contributed by atoms with Gasteiger partial charge in [0.25, 0.3) is 5.91 Å². The van der Waals surface area contributed by atoms with Crippen LogP contribution in [0.15, 0.2) is 36.4 Å². The molecule has 2 aromatic carbocycles. The van der Waals surface area contributed by atoms with Gasteiger partial charge in [0.1, 0.15) is 17.1 Å². The standard InChI is InChI=1S/C18H19ClN2O5/c1-3-25-12-6-4-11(5-7-12)21-17(22)10-26-18(23)13-8-14(19)15(20)9-16(13)24-2/h4-9H,3,10,20H2,1-2H3,(H,21,22). The molecule has 0 heterocycles. The number of hydrogen-bond acceptors (Lipinski definition) is 6. The number of anilines is 2. The van der Waals surface area contributed by atoms with Gasteiger partial charge < -0.3 is 25.3 Å². The first kappa shape index (κ1) is 19.4. The van der Waals surface area contributed by atoms with Gasteiger partial charge in [-0.15, -0.1) is 0 Å². The van der Waals surface area contributed by atoms with Gasteiger partial charge in [-0.1, -0.05) is 11.6 Å². The van der Waals surface area contributed by atoms with Crippen molar-refractivity contribution >= 4 is 34.9 Å². The minimum atomic E-state index is -0.745. The van der Waals surface area contributed by atoms with Crippen LogP contribution in [0.2, 0.25) is 5.02 Å². The average molecular weight is 379 g/mol. The quantitative estimate of drug-likeness (QED) is 0.567. The molecule has 7 nitrogen and oxygen atoms in total. The number of ether oxygens (including phenoxy) is 3. The number of hydrogen-bond donors (Lipinski definition) is 2. The molecule has 8 heteroatoms. The van der Waals surface area contributed by atoms with Gasteiger partial charge in [0.05, 0.1) is 24.4 Å². The van der Waals surface area contributed by atoms with Crippen molar-refractivity contribution in [3.8, 4) is 11.5 Å². The molecule has 0 fully saturated rings. The van der Waals surface area contributed by atoms with Crippen molar-refractivity contribution in [3.63, 3.8) is 0 Å². The second kappa shape index (κ2) is 8.96. The van der Waals surface area contributed by atoms with Gasteiger partial charge in [-0.05, 0) is 37.3 Å². The summed E-state index contributed by atoms with van der Waals surface area (Å²) in [4.78, 5) is 24.1. The summed E-state index contributed by atoms with van der Waals surface area (Å²) >= 11 is 5.91. The molecule has 0 saturated carbocycles. The first-order valence-electron chi connectivity index (χ1n) is 7.77. The number of benzene rings is 2. The second-order valence-electron chi connectivity index (χ2n) is 5.16. The summed E-state index contributed by atoms with van der Waals surface area (Å²) in [6.07, 6.45) is 0. The van der Waals surface area contributed by atoms with Crippen LogP contribution in [0.5, 0.6) is 11.5 Å². The van der Waals surface area contributed by atoms with E-state index < -0.39 is 18.5 Å². The van der Waals surface area contributed by atoms with Crippen molar-refractivity contribution in [1.82, 2.24) is 0 Å². The first-order chi connectivity index (χ1) is 12.4. The first-order valence-corrected chi connectivity index (χ1v) is 8.15. The van der Waals surface area contributed by atoms with E-state index in [0.717, 1.165) is 0 Å². The van der Waals surface area contributed by atoms with Crippen LogP contribution in [0, 0.1) is 0 Å². The lowest BCUT2D eigenvalue weighted by molar-refractivity contribution is -0.119. The van der Waals surface area contributed by atoms with E-state index in [9.17, 15) is 9.59 Å². The number of nitrogen functional groups attached to an aromatic ring is 1. The Morgan fingerprint density at radius 1 is 1.19 bits per heavy atom. The fraction of sp³-hybridized carbons (Fsp3) is 0.222. The van der Waals surface area contributed by atoms with Crippen LogP contribution in [-0.4, -0.2) is 32.2 Å². The Hall–Kier alpha value is -2.93. The van der Waals surface area contributed by atoms with Crippen LogP contribution < -0.4 is 20.5 Å². The number of amides is 1. The number of halogens is 1. The largest absolute Gasteiger partial charge is 0.496 e. The van der Waals surface area contributed by atoms with Crippen LogP contribution in [0.4, 0.5) is 11.4 Å². The lowest BCUT2D eigenvalue weighted by Crippen LogP contribution is -2.21. The number of esters is 1. The van der Waals surface area contributed by atoms with E-state index in [1.165, 1.54) is 19.2 Å². The fourth-order valence-corrected chi connectivity index (χ4v) is 2.27. The third-order valence-corrected chi connectivity index (χ3v) is 3.65. The van der Waals surface area contributed by atoms with Gasteiger partial charge in [0.2, 0.25) is 0 Å². The molecule has 2 rings (SSSR count). The van der Waals surface area contributed by atoms with Gasteiger partial charge in [-0.2, -0.15) is 0 Å². The monoisotopic (exact) mass is 378 g/mol. The van der Waals surface area contributed by atoms with Crippen molar-refractivity contribution in [3.05, 3.63) is 47.0 Å². The number of methoxy groups -OCH3 is 1. The molecule has 2 aromatic rings. The van der Waals surface area contributed by atoms with E-state index in [0.29, 0.717) is 18.0 Å². The third-order valence-electron chi connectivity index (χ3n) is 3.32. The number of nitrogens with two attached hydrogens (primary N) is 1. The number of carbonyl (C=O) groups excluding carboxylic acids is 2. The molecule has 0 aliphatic rings. The Bertz CT molecular complexity index is 793. The third kappa shape index (κ3) is 5.03. The van der Waals surface area contributed by atoms with Crippen molar-refractivity contribution in [1.29, 1.82) is 0 Å². The predicted molar refractivity (Wildman–Crippen MR) is 98.9 cm³/mol. The maximum Gasteiger partial charge on any atom is 0.342 e. The number of nitrogens with one attached hydrogen (secondary N) is 1. The summed E-state index contributed by atoms with van der Waals surface area (Å²) in [5.41, 5.74) is 6.58. The molecule has 0 bridgehead atoms. The van der Waals surface area contributed by atoms with Gasteiger partial charge in [0.15, 0.2) is 6.61 Å². The average Bonchev–Trinajstić information content (AvgIpc) is 2.63. The molecule has 26 heavy (non-hydrogen) atoms. The molecule has 1 amide bonds. The van der Waals surface area contributed by atoms with E-state index in [1.807, 2.05) is 6.92 Å². The van der Waals surface area contributed by atoms with Crippen LogP contribution in [-0.2, 0) is 9.53 Å². The molecule has 3 N–H and O–H groups in total. The molecule has 0 spiro atoms. The van der Waals surface area contributed by atoms with E-state index in [1.54, 1.807) is 24.3 Å². The fourth-order valence-electron chi connectivity index (χ4n) is 2.10. The van der Waals surface area contributed by atoms with Crippen molar-refractivity contribution in [2.75, 3.05) is 31.4 Å². The second-order valence-corrected chi connectivity index (χ2v) is 5.56. The minimum absolute atomic E-state index is 0.0839. The van der Waals surface area contributed by atoms with Crippen molar-refractivity contribution in [2.24, 2.45) is 0 Å². The maximum absolute atomic E-state index is 12.2. The van der Waals surface area contributed by atoms with Crippen LogP contribution >= 0.6 is 11.6 Å². The zero-order valence-electron chi connectivity index (χ0n) is 14.4. The van der Waals surface area contributed by atoms with Gasteiger partial charge in [-0.25, -0.2) is 4.79 Å². The van der Waals surface area contributed by atoms with E-state index in [4.69, 9.17) is 31.5 Å². The molecule has 0 aliphatic carbocycles. The van der Waals surface area contributed by atoms with Gasteiger partial charge in [-0.3, -0.25) is 4.79 Å². The van der Waals surface area contributed by atoms with Gasteiger partial charge in [0, 0.05) is 11.8 Å². The SMILES string of the molecule is CCOc1ccc(NC(=O)COC(=O)c2cc(Cl)c(N)cc2OC)cc1. The van der Waals surface area contributed by atoms with Crippen molar-refractivity contribution < 1.29 is 23.8 Å². The summed E-state index contributed by atoms with van der Waals surface area (Å²) < 4.78 is 15.4. The Morgan fingerprint density at radius 2 is 1.88 bits per heavy atom. The smallest absolute Gasteiger partial charge is 0.342 e. The normalized spacial score (nSPS) is 10.1. The van der Waals surface area contributed by atoms with Crippen LogP contribution in [0.3, 0.4) is 0 Å². The molecule has 0 aliphatic heterocycles. The Kier molecular flexibility index (Phi) is 6.68. The summed E-state index contributed by atoms with van der Waals surface area (Å²) in [7, 11) is 1.39. The van der Waals surface area contributed by atoms with E-state index >= 15 is 0 Å². The van der Waals surface area contributed by atoms with E-state index in [-0.39, 0.29) is 22.0 Å². The number of rotatable bonds is 7.